The number of carboxylic acids is 1. The highest BCUT2D eigenvalue weighted by molar-refractivity contribution is 6.34. The highest BCUT2D eigenvalue weighted by Gasteiger charge is 2.47. The van der Waals surface area contributed by atoms with Crippen LogP contribution in [0, 0.1) is 0 Å². The number of rotatable bonds is 0. The molecule has 3 rings (SSSR count). The summed E-state index contributed by atoms with van der Waals surface area (Å²) in [5.74, 6) is -2.76. The van der Waals surface area contributed by atoms with Gasteiger partial charge in [0.1, 0.15) is 0 Å². The molecule has 0 bridgehead atoms. The maximum Gasteiger partial charge on any atom is 0.490 e. The van der Waals surface area contributed by atoms with Crippen LogP contribution in [-0.2, 0) is 15.1 Å². The summed E-state index contributed by atoms with van der Waals surface area (Å²) in [6, 6.07) is 5.55. The van der Waals surface area contributed by atoms with Crippen LogP contribution in [0.15, 0.2) is 18.2 Å². The molecule has 1 spiro atoms. The molecule has 2 aliphatic rings. The number of carbonyl (C=O) groups is 2. The summed E-state index contributed by atoms with van der Waals surface area (Å²) >= 11 is 6.03. The van der Waals surface area contributed by atoms with Crippen molar-refractivity contribution in [2.45, 2.75) is 11.8 Å². The van der Waals surface area contributed by atoms with Crippen molar-refractivity contribution in [1.29, 1.82) is 0 Å². The van der Waals surface area contributed by atoms with Crippen molar-refractivity contribution in [3.63, 3.8) is 0 Å². The van der Waals surface area contributed by atoms with E-state index in [9.17, 15) is 18.0 Å². The Bertz CT molecular complexity index is 617. The zero-order valence-corrected chi connectivity index (χ0v) is 11.6. The molecule has 1 saturated heterocycles. The molecule has 0 saturated carbocycles. The van der Waals surface area contributed by atoms with E-state index in [0.717, 1.165) is 5.56 Å². The second-order valence-corrected chi connectivity index (χ2v) is 4.98. The number of carbonyl (C=O) groups excluding carboxylic acids is 1. The van der Waals surface area contributed by atoms with Crippen molar-refractivity contribution in [2.24, 2.45) is 0 Å². The number of nitrogens with one attached hydrogen (secondary N) is 2. The van der Waals surface area contributed by atoms with Crippen molar-refractivity contribution in [2.75, 3.05) is 18.4 Å². The van der Waals surface area contributed by atoms with E-state index in [2.05, 4.69) is 10.6 Å². The van der Waals surface area contributed by atoms with Crippen molar-refractivity contribution in [3.05, 3.63) is 28.8 Å². The Morgan fingerprint density at radius 3 is 2.41 bits per heavy atom. The maximum atomic E-state index is 11.4. The molecule has 1 aromatic rings. The van der Waals surface area contributed by atoms with Gasteiger partial charge in [0.25, 0.3) is 0 Å². The fourth-order valence-corrected chi connectivity index (χ4v) is 2.23. The number of carboxylic acid groups (broad SMARTS) is 1. The molecule has 0 radical (unpaired) electrons. The smallest absolute Gasteiger partial charge is 0.475 e. The summed E-state index contributed by atoms with van der Waals surface area (Å²) in [4.78, 5) is 20.3. The number of alkyl halides is 3. The van der Waals surface area contributed by atoms with Crippen molar-refractivity contribution in [3.8, 4) is 0 Å². The van der Waals surface area contributed by atoms with E-state index in [4.69, 9.17) is 26.2 Å². The second kappa shape index (κ2) is 5.65. The lowest BCUT2D eigenvalue weighted by molar-refractivity contribution is -0.192. The third-order valence-electron chi connectivity index (χ3n) is 3.08. The van der Waals surface area contributed by atoms with Gasteiger partial charge in [-0.1, -0.05) is 23.7 Å². The van der Waals surface area contributed by atoms with Gasteiger partial charge in [-0.15, -0.1) is 0 Å². The predicted molar refractivity (Wildman–Crippen MR) is 69.8 cm³/mol. The van der Waals surface area contributed by atoms with Gasteiger partial charge in [-0.3, -0.25) is 5.32 Å². The minimum absolute atomic E-state index is 0.433. The van der Waals surface area contributed by atoms with Crippen LogP contribution in [-0.4, -0.2) is 36.4 Å². The molecule has 10 heteroatoms. The van der Waals surface area contributed by atoms with Gasteiger partial charge in [-0.25, -0.2) is 9.59 Å². The Morgan fingerprint density at radius 1 is 1.36 bits per heavy atom. The molecule has 2 heterocycles. The largest absolute Gasteiger partial charge is 0.490 e. The molecule has 1 amide bonds. The lowest BCUT2D eigenvalue weighted by Crippen LogP contribution is -2.61. The molecular weight excluding hydrogens is 329 g/mol. The SMILES string of the molecule is O=C(O)C(F)(F)F.O=C1Nc2c(Cl)cccc2C2(CNC2)O1. The molecule has 6 nitrogen and oxygen atoms in total. The van der Waals surface area contributed by atoms with Crippen LogP contribution < -0.4 is 10.6 Å². The normalized spacial score (nSPS) is 18.1. The van der Waals surface area contributed by atoms with E-state index in [-0.39, 0.29) is 0 Å². The average Bonchev–Trinajstić information content (AvgIpc) is 2.37. The first-order valence-electron chi connectivity index (χ1n) is 5.95. The number of ether oxygens (including phenoxy) is 1. The van der Waals surface area contributed by atoms with Gasteiger partial charge in [0, 0.05) is 18.7 Å². The Kier molecular flexibility index (Phi) is 4.21. The third kappa shape index (κ3) is 3.09. The van der Waals surface area contributed by atoms with Crippen LogP contribution in [0.25, 0.3) is 0 Å². The highest BCUT2D eigenvalue weighted by Crippen LogP contribution is 2.41. The summed E-state index contributed by atoms with van der Waals surface area (Å²) in [7, 11) is 0. The molecule has 0 atom stereocenters. The molecule has 1 aromatic carbocycles. The minimum Gasteiger partial charge on any atom is -0.475 e. The second-order valence-electron chi connectivity index (χ2n) is 4.58. The first-order chi connectivity index (χ1) is 10.2. The number of fused-ring (bicyclic) bond motifs is 2. The van der Waals surface area contributed by atoms with Gasteiger partial charge in [0.15, 0.2) is 5.60 Å². The van der Waals surface area contributed by atoms with Crippen LogP contribution in [0.4, 0.5) is 23.7 Å². The van der Waals surface area contributed by atoms with Gasteiger partial charge in [-0.05, 0) is 6.07 Å². The lowest BCUT2D eigenvalue weighted by atomic mass is 9.86. The number of hydrogen-bond donors (Lipinski definition) is 3. The van der Waals surface area contributed by atoms with Crippen LogP contribution in [0.3, 0.4) is 0 Å². The van der Waals surface area contributed by atoms with Crippen molar-refractivity contribution < 1.29 is 32.6 Å². The number of halogens is 4. The molecule has 0 aromatic heterocycles. The number of para-hydroxylation sites is 1. The van der Waals surface area contributed by atoms with Crippen LogP contribution in [0.5, 0.6) is 0 Å². The Balaban J connectivity index is 0.000000217. The number of aliphatic carboxylic acids is 1. The Labute approximate surface area is 127 Å². The highest BCUT2D eigenvalue weighted by atomic mass is 35.5. The maximum absolute atomic E-state index is 11.4. The molecule has 2 aliphatic heterocycles. The first kappa shape index (κ1) is 16.4. The van der Waals surface area contributed by atoms with E-state index in [1.165, 1.54) is 0 Å². The number of hydrogen-bond acceptors (Lipinski definition) is 4. The standard InChI is InChI=1S/C10H9ClN2O2.C2HF3O2/c11-7-3-1-2-6-8(7)13-9(14)15-10(6)4-12-5-10;3-2(4,5)1(6)7/h1-3,12H,4-5H2,(H,13,14);(H,6,7). The quantitative estimate of drug-likeness (QED) is 0.676. The number of amides is 1. The summed E-state index contributed by atoms with van der Waals surface area (Å²) in [6.07, 6.45) is -5.52. The molecule has 22 heavy (non-hydrogen) atoms. The number of anilines is 1. The van der Waals surface area contributed by atoms with Crippen LogP contribution >= 0.6 is 11.6 Å². The zero-order chi connectivity index (χ0) is 16.5. The molecule has 3 N–H and O–H groups in total. The van der Waals surface area contributed by atoms with Gasteiger partial charge >= 0.3 is 18.2 Å². The average molecular weight is 339 g/mol. The molecule has 120 valence electrons. The summed E-state index contributed by atoms with van der Waals surface area (Å²) in [6.45, 7) is 1.29. The van der Waals surface area contributed by atoms with Crippen LogP contribution in [0.1, 0.15) is 5.56 Å². The summed E-state index contributed by atoms with van der Waals surface area (Å²) in [5, 5.41) is 13.4. The summed E-state index contributed by atoms with van der Waals surface area (Å²) < 4.78 is 37.1. The number of benzene rings is 1. The predicted octanol–water partition coefficient (Wildman–Crippen LogP) is 2.33. The molecule has 1 fully saturated rings. The fourth-order valence-electron chi connectivity index (χ4n) is 2.01. The molecule has 0 aliphatic carbocycles. The fraction of sp³-hybridized carbons (Fsp3) is 0.333. The lowest BCUT2D eigenvalue weighted by Gasteiger charge is -2.45. The van der Waals surface area contributed by atoms with Crippen molar-refractivity contribution in [1.82, 2.24) is 5.32 Å². The molecule has 0 unspecified atom stereocenters. The van der Waals surface area contributed by atoms with Gasteiger partial charge < -0.3 is 15.2 Å². The minimum atomic E-state index is -5.08. The van der Waals surface area contributed by atoms with Crippen molar-refractivity contribution >= 4 is 29.4 Å². The van der Waals surface area contributed by atoms with E-state index in [1.54, 1.807) is 6.07 Å². The Morgan fingerprint density at radius 2 is 1.95 bits per heavy atom. The first-order valence-corrected chi connectivity index (χ1v) is 6.33. The van der Waals surface area contributed by atoms with E-state index in [1.807, 2.05) is 12.1 Å². The van der Waals surface area contributed by atoms with Gasteiger partial charge in [0.05, 0.1) is 10.7 Å². The topological polar surface area (TPSA) is 87.7 Å². The summed E-state index contributed by atoms with van der Waals surface area (Å²) in [5.41, 5.74) is 1.12. The zero-order valence-electron chi connectivity index (χ0n) is 10.8. The monoisotopic (exact) mass is 338 g/mol. The Hall–Kier alpha value is -2.00. The van der Waals surface area contributed by atoms with E-state index in [0.29, 0.717) is 23.8 Å². The van der Waals surface area contributed by atoms with Crippen LogP contribution in [0.2, 0.25) is 5.02 Å². The molecular formula is C12H10ClF3N2O4. The van der Waals surface area contributed by atoms with E-state index < -0.39 is 23.8 Å². The van der Waals surface area contributed by atoms with Gasteiger partial charge in [-0.2, -0.15) is 13.2 Å². The van der Waals surface area contributed by atoms with E-state index >= 15 is 0 Å². The van der Waals surface area contributed by atoms with Gasteiger partial charge in [0.2, 0.25) is 0 Å². The third-order valence-corrected chi connectivity index (χ3v) is 3.40.